The standard InChI is InChI=1S/C32H29ClN4O2S/c33-26-13-11-25(12-14-26)31(39)37-21-19-36(20-22-37)28-17-15-27(16-18-28)34-32(40)35-30(38)29(23-7-3-1-4-8-23)24-9-5-2-6-10-24/h1-18,29H,19-22H2,(H2,34,35,38,40). The average molecular weight is 569 g/mol. The minimum atomic E-state index is -0.477. The van der Waals surface area contributed by atoms with Crippen LogP contribution in [0.15, 0.2) is 109 Å². The van der Waals surface area contributed by atoms with Gasteiger partial charge in [-0.15, -0.1) is 0 Å². The number of benzene rings is 4. The van der Waals surface area contributed by atoms with Crippen LogP contribution < -0.4 is 15.5 Å². The molecule has 0 unspecified atom stereocenters. The summed E-state index contributed by atoms with van der Waals surface area (Å²) in [6.45, 7) is 2.75. The number of halogens is 1. The van der Waals surface area contributed by atoms with Crippen LogP contribution in [0.3, 0.4) is 0 Å². The number of thiocarbonyl (C=S) groups is 1. The number of nitrogens with zero attached hydrogens (tertiary/aromatic N) is 2. The number of hydrogen-bond acceptors (Lipinski definition) is 4. The molecule has 1 aliphatic rings. The van der Waals surface area contributed by atoms with E-state index in [1.165, 1.54) is 0 Å². The molecule has 8 heteroatoms. The van der Waals surface area contributed by atoms with E-state index in [2.05, 4.69) is 15.5 Å². The molecule has 0 atom stereocenters. The second-order valence-corrected chi connectivity index (χ2v) is 10.4. The van der Waals surface area contributed by atoms with E-state index in [1.807, 2.05) is 89.8 Å². The molecule has 0 aromatic heterocycles. The van der Waals surface area contributed by atoms with Crippen molar-refractivity contribution < 1.29 is 9.59 Å². The molecule has 0 spiro atoms. The molecule has 2 N–H and O–H groups in total. The van der Waals surface area contributed by atoms with E-state index in [1.54, 1.807) is 24.3 Å². The zero-order valence-electron chi connectivity index (χ0n) is 21.8. The molecule has 0 radical (unpaired) electrons. The minimum Gasteiger partial charge on any atom is -0.368 e. The number of anilines is 2. The lowest BCUT2D eigenvalue weighted by molar-refractivity contribution is -0.120. The number of amides is 2. The molecule has 5 rings (SSSR count). The second kappa shape index (κ2) is 12.8. The second-order valence-electron chi connectivity index (χ2n) is 9.53. The highest BCUT2D eigenvalue weighted by Crippen LogP contribution is 2.25. The Kier molecular flexibility index (Phi) is 8.74. The van der Waals surface area contributed by atoms with E-state index in [0.29, 0.717) is 23.7 Å². The van der Waals surface area contributed by atoms with Crippen molar-refractivity contribution in [3.05, 3.63) is 131 Å². The fraction of sp³-hybridized carbons (Fsp3) is 0.156. The molecule has 1 heterocycles. The van der Waals surface area contributed by atoms with Crippen LogP contribution in [0.1, 0.15) is 27.4 Å². The lowest BCUT2D eigenvalue weighted by atomic mass is 9.90. The van der Waals surface area contributed by atoms with Gasteiger partial charge < -0.3 is 20.4 Å². The molecule has 0 saturated carbocycles. The first-order valence-corrected chi connectivity index (χ1v) is 13.9. The lowest BCUT2D eigenvalue weighted by Gasteiger charge is -2.36. The smallest absolute Gasteiger partial charge is 0.253 e. The van der Waals surface area contributed by atoms with Gasteiger partial charge in [-0.2, -0.15) is 0 Å². The fourth-order valence-corrected chi connectivity index (χ4v) is 5.18. The third kappa shape index (κ3) is 6.68. The van der Waals surface area contributed by atoms with Crippen LogP contribution in [0.2, 0.25) is 5.02 Å². The summed E-state index contributed by atoms with van der Waals surface area (Å²) in [5.74, 6) is -0.652. The molecular formula is C32H29ClN4O2S. The molecular weight excluding hydrogens is 540 g/mol. The van der Waals surface area contributed by atoms with Gasteiger partial charge in [0.15, 0.2) is 5.11 Å². The number of carbonyl (C=O) groups is 2. The number of nitrogens with one attached hydrogen (secondary N) is 2. The quantitative estimate of drug-likeness (QED) is 0.282. The minimum absolute atomic E-state index is 0.0215. The van der Waals surface area contributed by atoms with Crippen LogP contribution in [0.5, 0.6) is 0 Å². The number of hydrogen-bond donors (Lipinski definition) is 2. The van der Waals surface area contributed by atoms with Crippen molar-refractivity contribution in [2.45, 2.75) is 5.92 Å². The van der Waals surface area contributed by atoms with Crippen LogP contribution in [-0.2, 0) is 4.79 Å². The van der Waals surface area contributed by atoms with Gasteiger partial charge in [0.2, 0.25) is 5.91 Å². The molecule has 1 fully saturated rings. The molecule has 2 amide bonds. The van der Waals surface area contributed by atoms with Crippen LogP contribution in [0.4, 0.5) is 11.4 Å². The molecule has 202 valence electrons. The Morgan fingerprint density at radius 3 is 1.82 bits per heavy atom. The van der Waals surface area contributed by atoms with Crippen molar-refractivity contribution in [2.75, 3.05) is 36.4 Å². The van der Waals surface area contributed by atoms with E-state index < -0.39 is 5.92 Å². The third-order valence-corrected chi connectivity index (χ3v) is 7.37. The van der Waals surface area contributed by atoms with Gasteiger partial charge in [-0.1, -0.05) is 72.3 Å². The maximum Gasteiger partial charge on any atom is 0.253 e. The first-order chi connectivity index (χ1) is 19.5. The molecule has 0 aliphatic carbocycles. The predicted molar refractivity (Wildman–Crippen MR) is 165 cm³/mol. The van der Waals surface area contributed by atoms with Crippen LogP contribution in [-0.4, -0.2) is 48.0 Å². The molecule has 1 aliphatic heterocycles. The topological polar surface area (TPSA) is 64.7 Å². The predicted octanol–water partition coefficient (Wildman–Crippen LogP) is 5.95. The third-order valence-electron chi connectivity index (χ3n) is 6.91. The van der Waals surface area contributed by atoms with Gasteiger partial charge in [-0.25, -0.2) is 0 Å². The fourth-order valence-electron chi connectivity index (χ4n) is 4.83. The van der Waals surface area contributed by atoms with E-state index in [4.69, 9.17) is 23.8 Å². The monoisotopic (exact) mass is 568 g/mol. The van der Waals surface area contributed by atoms with Gasteiger partial charge in [0.1, 0.15) is 0 Å². The van der Waals surface area contributed by atoms with Gasteiger partial charge in [0.25, 0.3) is 5.91 Å². The number of carbonyl (C=O) groups excluding carboxylic acids is 2. The summed E-state index contributed by atoms with van der Waals surface area (Å²) in [7, 11) is 0. The normalized spacial score (nSPS) is 13.2. The Morgan fingerprint density at radius 2 is 1.27 bits per heavy atom. The van der Waals surface area contributed by atoms with Gasteiger partial charge in [-0.3, -0.25) is 9.59 Å². The van der Waals surface area contributed by atoms with Crippen molar-refractivity contribution in [3.63, 3.8) is 0 Å². The highest BCUT2D eigenvalue weighted by Gasteiger charge is 2.24. The van der Waals surface area contributed by atoms with Crippen molar-refractivity contribution in [2.24, 2.45) is 0 Å². The van der Waals surface area contributed by atoms with Crippen molar-refractivity contribution >= 4 is 52.1 Å². The largest absolute Gasteiger partial charge is 0.368 e. The molecule has 4 aromatic carbocycles. The molecule has 40 heavy (non-hydrogen) atoms. The zero-order valence-corrected chi connectivity index (χ0v) is 23.4. The Bertz CT molecular complexity index is 1420. The summed E-state index contributed by atoms with van der Waals surface area (Å²) < 4.78 is 0. The van der Waals surface area contributed by atoms with E-state index in [9.17, 15) is 9.59 Å². The number of rotatable bonds is 6. The van der Waals surface area contributed by atoms with Crippen molar-refractivity contribution in [1.82, 2.24) is 10.2 Å². The Morgan fingerprint density at radius 1 is 0.725 bits per heavy atom. The first-order valence-electron chi connectivity index (χ1n) is 13.1. The maximum atomic E-state index is 13.3. The van der Waals surface area contributed by atoms with Crippen molar-refractivity contribution in [3.8, 4) is 0 Å². The van der Waals surface area contributed by atoms with E-state index >= 15 is 0 Å². The summed E-state index contributed by atoms with van der Waals surface area (Å²) in [4.78, 5) is 30.2. The summed E-state index contributed by atoms with van der Waals surface area (Å²) in [6.07, 6.45) is 0. The molecule has 6 nitrogen and oxygen atoms in total. The molecule has 1 saturated heterocycles. The molecule has 4 aromatic rings. The first kappa shape index (κ1) is 27.4. The summed E-state index contributed by atoms with van der Waals surface area (Å²) >= 11 is 11.4. The van der Waals surface area contributed by atoms with E-state index in [0.717, 1.165) is 35.6 Å². The SMILES string of the molecule is O=C(NC(=S)Nc1ccc(N2CCN(C(=O)c3ccc(Cl)cc3)CC2)cc1)C(c1ccccc1)c1ccccc1. The van der Waals surface area contributed by atoms with Gasteiger partial charge in [0, 0.05) is 48.1 Å². The van der Waals surface area contributed by atoms with Crippen LogP contribution >= 0.6 is 23.8 Å². The van der Waals surface area contributed by atoms with Crippen LogP contribution in [0, 0.1) is 0 Å². The average Bonchev–Trinajstić information content (AvgIpc) is 2.99. The maximum absolute atomic E-state index is 13.3. The lowest BCUT2D eigenvalue weighted by Crippen LogP contribution is -2.48. The van der Waals surface area contributed by atoms with Gasteiger partial charge in [0.05, 0.1) is 5.92 Å². The summed E-state index contributed by atoms with van der Waals surface area (Å²) in [5.41, 5.74) is 4.28. The molecule has 0 bridgehead atoms. The zero-order chi connectivity index (χ0) is 27.9. The Hall–Kier alpha value is -4.20. The number of piperazine rings is 1. The van der Waals surface area contributed by atoms with Gasteiger partial charge in [-0.05, 0) is 71.9 Å². The Labute approximate surface area is 244 Å². The van der Waals surface area contributed by atoms with Crippen LogP contribution in [0.25, 0.3) is 0 Å². The van der Waals surface area contributed by atoms with Gasteiger partial charge >= 0.3 is 0 Å². The summed E-state index contributed by atoms with van der Waals surface area (Å²) in [6, 6.07) is 34.2. The summed E-state index contributed by atoms with van der Waals surface area (Å²) in [5, 5.41) is 6.84. The van der Waals surface area contributed by atoms with Crippen molar-refractivity contribution in [1.29, 1.82) is 0 Å². The highest BCUT2D eigenvalue weighted by molar-refractivity contribution is 7.80. The van der Waals surface area contributed by atoms with E-state index in [-0.39, 0.29) is 16.9 Å². The highest BCUT2D eigenvalue weighted by atomic mass is 35.5. The Balaban J connectivity index is 1.16.